The summed E-state index contributed by atoms with van der Waals surface area (Å²) in [7, 11) is 0. The number of nitrogens with zero attached hydrogens (tertiary/aromatic N) is 4. The quantitative estimate of drug-likeness (QED) is 0.800. The molecule has 0 aromatic heterocycles. The van der Waals surface area contributed by atoms with Gasteiger partial charge in [0.15, 0.2) is 12.1 Å². The Hall–Kier alpha value is -3.09. The van der Waals surface area contributed by atoms with Gasteiger partial charge in [-0.15, -0.1) is 0 Å². The van der Waals surface area contributed by atoms with Crippen molar-refractivity contribution in [3.63, 3.8) is 0 Å². The fourth-order valence-electron chi connectivity index (χ4n) is 2.80. The molecule has 2 heterocycles. The minimum absolute atomic E-state index is 0.388. The van der Waals surface area contributed by atoms with E-state index < -0.39 is 18.0 Å². The minimum Gasteiger partial charge on any atom is -0.271 e. The van der Waals surface area contributed by atoms with E-state index in [1.165, 1.54) is 29.3 Å². The lowest BCUT2D eigenvalue weighted by atomic mass is 10.1. The fraction of sp³-hybridized carbons (Fsp3) is 0.125. The summed E-state index contributed by atoms with van der Waals surface area (Å²) in [5.74, 6) is -1.18. The summed E-state index contributed by atoms with van der Waals surface area (Å²) in [6, 6.07) is 12.5. The molecule has 0 bridgehead atoms. The summed E-state index contributed by atoms with van der Waals surface area (Å²) >= 11 is 0. The second kappa shape index (κ2) is 4.98. The molecule has 4 rings (SSSR count). The van der Waals surface area contributed by atoms with Crippen LogP contribution >= 0.6 is 0 Å². The van der Waals surface area contributed by atoms with E-state index in [-0.39, 0.29) is 11.7 Å². The van der Waals surface area contributed by atoms with Gasteiger partial charge in [-0.1, -0.05) is 23.4 Å². The van der Waals surface area contributed by atoms with Crippen molar-refractivity contribution in [2.75, 3.05) is 9.91 Å². The predicted molar refractivity (Wildman–Crippen MR) is 80.2 cm³/mol. The largest absolute Gasteiger partial charge is 0.271 e. The fourth-order valence-corrected chi connectivity index (χ4v) is 2.80. The van der Waals surface area contributed by atoms with Crippen LogP contribution in [0.5, 0.6) is 0 Å². The molecule has 1 fully saturated rings. The molecule has 0 aliphatic carbocycles. The Balaban J connectivity index is 1.70. The van der Waals surface area contributed by atoms with E-state index in [0.29, 0.717) is 11.4 Å². The highest BCUT2D eigenvalue weighted by Gasteiger charge is 2.55. The van der Waals surface area contributed by atoms with E-state index in [9.17, 15) is 14.0 Å². The van der Waals surface area contributed by atoms with Crippen LogP contribution in [-0.4, -0.2) is 23.9 Å². The highest BCUT2D eigenvalue weighted by atomic mass is 19.1. The van der Waals surface area contributed by atoms with Gasteiger partial charge in [0.1, 0.15) is 5.82 Å². The number of amides is 2. The van der Waals surface area contributed by atoms with E-state index in [4.69, 9.17) is 0 Å². The van der Waals surface area contributed by atoms with E-state index in [0.717, 1.165) is 4.90 Å². The maximum absolute atomic E-state index is 13.1. The van der Waals surface area contributed by atoms with Gasteiger partial charge < -0.3 is 0 Å². The molecule has 0 unspecified atom stereocenters. The third kappa shape index (κ3) is 2.01. The van der Waals surface area contributed by atoms with Crippen molar-refractivity contribution in [2.45, 2.75) is 12.1 Å². The molecule has 114 valence electrons. The van der Waals surface area contributed by atoms with Crippen LogP contribution in [0.25, 0.3) is 0 Å². The zero-order valence-electron chi connectivity index (χ0n) is 11.8. The van der Waals surface area contributed by atoms with Gasteiger partial charge in [0, 0.05) is 0 Å². The Labute approximate surface area is 130 Å². The number of fused-ring (bicyclic) bond motifs is 1. The first-order chi connectivity index (χ1) is 11.2. The molecule has 7 heteroatoms. The number of benzene rings is 2. The van der Waals surface area contributed by atoms with Crippen LogP contribution in [0.15, 0.2) is 64.9 Å². The third-order valence-corrected chi connectivity index (χ3v) is 3.89. The molecule has 2 aliphatic rings. The van der Waals surface area contributed by atoms with Gasteiger partial charge in [-0.25, -0.2) is 14.3 Å². The molecular formula is C16H11FN4O2. The van der Waals surface area contributed by atoms with Gasteiger partial charge in [0.05, 0.1) is 11.4 Å². The Morgan fingerprint density at radius 1 is 0.870 bits per heavy atom. The van der Waals surface area contributed by atoms with Gasteiger partial charge in [0.2, 0.25) is 0 Å². The summed E-state index contributed by atoms with van der Waals surface area (Å²) in [5, 5.41) is 9.22. The molecule has 0 radical (unpaired) electrons. The first-order valence-corrected chi connectivity index (χ1v) is 7.05. The van der Waals surface area contributed by atoms with Crippen molar-refractivity contribution in [3.8, 4) is 0 Å². The summed E-state index contributed by atoms with van der Waals surface area (Å²) in [6.07, 6.45) is 0. The van der Waals surface area contributed by atoms with Gasteiger partial charge in [-0.2, -0.15) is 5.11 Å². The lowest BCUT2D eigenvalue weighted by Crippen LogP contribution is -2.39. The minimum atomic E-state index is -0.868. The third-order valence-electron chi connectivity index (χ3n) is 3.89. The van der Waals surface area contributed by atoms with E-state index in [1.54, 1.807) is 30.3 Å². The number of para-hydroxylation sites is 1. The SMILES string of the molecule is O=C1[C@H]2N=NN(c3ccc(F)cc3)[C@H]2C(=O)N1c1ccccc1. The molecule has 0 saturated carbocycles. The molecule has 2 aliphatic heterocycles. The van der Waals surface area contributed by atoms with Gasteiger partial charge in [-0.05, 0) is 36.4 Å². The predicted octanol–water partition coefficient (Wildman–Crippen LogP) is 2.32. The number of carbonyl (C=O) groups excluding carboxylic acids is 2. The smallest absolute Gasteiger partial charge is 0.263 e. The molecule has 2 atom stereocenters. The first-order valence-electron chi connectivity index (χ1n) is 7.05. The van der Waals surface area contributed by atoms with Crippen molar-refractivity contribution in [1.29, 1.82) is 0 Å². The average molecular weight is 310 g/mol. The lowest BCUT2D eigenvalue weighted by Gasteiger charge is -2.20. The van der Waals surface area contributed by atoms with Crippen LogP contribution in [0.3, 0.4) is 0 Å². The second-order valence-corrected chi connectivity index (χ2v) is 5.26. The van der Waals surface area contributed by atoms with Crippen molar-refractivity contribution in [1.82, 2.24) is 0 Å². The molecule has 1 saturated heterocycles. The molecule has 0 spiro atoms. The van der Waals surface area contributed by atoms with Gasteiger partial charge in [-0.3, -0.25) is 9.59 Å². The first kappa shape index (κ1) is 13.6. The molecular weight excluding hydrogens is 299 g/mol. The van der Waals surface area contributed by atoms with E-state index >= 15 is 0 Å². The zero-order chi connectivity index (χ0) is 16.0. The number of imide groups is 1. The molecule has 2 aromatic rings. The normalized spacial score (nSPS) is 22.8. The number of hydrogen-bond acceptors (Lipinski definition) is 5. The maximum atomic E-state index is 13.1. The van der Waals surface area contributed by atoms with Crippen LogP contribution in [-0.2, 0) is 9.59 Å². The van der Waals surface area contributed by atoms with Crippen LogP contribution < -0.4 is 9.91 Å². The number of carbonyl (C=O) groups is 2. The topological polar surface area (TPSA) is 65.3 Å². The molecule has 0 N–H and O–H groups in total. The number of hydrogen-bond donors (Lipinski definition) is 0. The highest BCUT2D eigenvalue weighted by Crippen LogP contribution is 2.34. The van der Waals surface area contributed by atoms with Crippen molar-refractivity contribution in [2.24, 2.45) is 10.3 Å². The summed E-state index contributed by atoms with van der Waals surface area (Å²) in [4.78, 5) is 26.3. The Kier molecular flexibility index (Phi) is 2.94. The number of anilines is 2. The Morgan fingerprint density at radius 2 is 1.57 bits per heavy atom. The molecule has 2 amide bonds. The molecule has 23 heavy (non-hydrogen) atoms. The van der Waals surface area contributed by atoms with Gasteiger partial charge >= 0.3 is 0 Å². The van der Waals surface area contributed by atoms with Gasteiger partial charge in [0.25, 0.3) is 11.8 Å². The van der Waals surface area contributed by atoms with E-state index in [1.807, 2.05) is 0 Å². The monoisotopic (exact) mass is 310 g/mol. The molecule has 2 aromatic carbocycles. The van der Waals surface area contributed by atoms with Crippen molar-refractivity contribution in [3.05, 3.63) is 60.4 Å². The average Bonchev–Trinajstić information content (AvgIpc) is 3.10. The van der Waals surface area contributed by atoms with Crippen LogP contribution in [0.1, 0.15) is 0 Å². The maximum Gasteiger partial charge on any atom is 0.263 e. The lowest BCUT2D eigenvalue weighted by molar-refractivity contribution is -0.121. The van der Waals surface area contributed by atoms with Crippen LogP contribution in [0, 0.1) is 5.82 Å². The highest BCUT2D eigenvalue weighted by molar-refractivity contribution is 6.26. The van der Waals surface area contributed by atoms with Crippen molar-refractivity contribution >= 4 is 23.2 Å². The number of halogens is 1. The van der Waals surface area contributed by atoms with Crippen LogP contribution in [0.2, 0.25) is 0 Å². The number of rotatable bonds is 2. The summed E-state index contributed by atoms with van der Waals surface area (Å²) in [6.45, 7) is 0. The zero-order valence-corrected chi connectivity index (χ0v) is 11.8. The van der Waals surface area contributed by atoms with E-state index in [2.05, 4.69) is 10.3 Å². The standard InChI is InChI=1S/C16H11FN4O2/c17-10-6-8-12(9-7-10)21-14-13(18-19-21)15(22)20(16(14)23)11-4-2-1-3-5-11/h1-9,13-14H/t13-,14+/m0/s1. The van der Waals surface area contributed by atoms with Crippen molar-refractivity contribution < 1.29 is 14.0 Å². The second-order valence-electron chi connectivity index (χ2n) is 5.26. The summed E-state index contributed by atoms with van der Waals surface area (Å²) in [5.41, 5.74) is 1.02. The Bertz CT molecular complexity index is 807. The Morgan fingerprint density at radius 3 is 2.26 bits per heavy atom. The molecule has 6 nitrogen and oxygen atoms in total. The van der Waals surface area contributed by atoms with Crippen LogP contribution in [0.4, 0.5) is 15.8 Å². The summed E-state index contributed by atoms with van der Waals surface area (Å²) < 4.78 is 13.1.